The average molecular weight is 542 g/mol. The fraction of sp³-hybridized carbons (Fsp3) is 0.424. The van der Waals surface area contributed by atoms with Crippen molar-refractivity contribution >= 4 is 5.91 Å². The second kappa shape index (κ2) is 13.5. The number of benzene rings is 3. The van der Waals surface area contributed by atoms with Crippen molar-refractivity contribution in [2.45, 2.75) is 52.1 Å². The first-order valence-corrected chi connectivity index (χ1v) is 14.5. The summed E-state index contributed by atoms with van der Waals surface area (Å²) >= 11 is 0. The van der Waals surface area contributed by atoms with Crippen molar-refractivity contribution in [3.05, 3.63) is 107 Å². The fourth-order valence-corrected chi connectivity index (χ4v) is 6.16. The Morgan fingerprint density at radius 1 is 0.650 bits per heavy atom. The molecule has 2 N–H and O–H groups in total. The van der Waals surface area contributed by atoms with Crippen LogP contribution in [0.15, 0.2) is 78.9 Å². The normalized spacial score (nSPS) is 21.4. The molecule has 0 aliphatic carbocycles. The molecule has 0 radical (unpaired) electrons. The number of hydrogen-bond acceptors (Lipinski definition) is 6. The second-order valence-electron chi connectivity index (χ2n) is 11.6. The summed E-state index contributed by atoms with van der Waals surface area (Å²) in [5.74, 6) is -0.479. The van der Waals surface area contributed by atoms with E-state index in [1.54, 1.807) is 17.6 Å². The number of amides is 1. The molecule has 0 unspecified atom stereocenters. The van der Waals surface area contributed by atoms with Crippen LogP contribution in [0.5, 0.6) is 0 Å². The van der Waals surface area contributed by atoms with E-state index in [-0.39, 0.29) is 0 Å². The van der Waals surface area contributed by atoms with Gasteiger partial charge in [-0.05, 0) is 48.2 Å². The molecule has 2 heterocycles. The zero-order valence-electron chi connectivity index (χ0n) is 23.9. The van der Waals surface area contributed by atoms with Gasteiger partial charge in [-0.15, -0.1) is 0 Å². The van der Waals surface area contributed by atoms with E-state index in [1.807, 2.05) is 12.1 Å². The zero-order chi connectivity index (χ0) is 27.9. The Labute approximate surface area is 239 Å². The topological polar surface area (TPSA) is 62.3 Å². The third kappa shape index (κ3) is 7.56. The predicted octanol–water partition coefficient (Wildman–Crippen LogP) is 4.22. The van der Waals surface area contributed by atoms with Gasteiger partial charge in [0, 0.05) is 83.1 Å². The van der Waals surface area contributed by atoms with Crippen molar-refractivity contribution in [2.24, 2.45) is 0 Å². The maximum absolute atomic E-state index is 11.6. The van der Waals surface area contributed by atoms with Gasteiger partial charge < -0.3 is 0 Å². The number of nitrogens with zero attached hydrogens (tertiary/aromatic N) is 4. The van der Waals surface area contributed by atoms with Crippen molar-refractivity contribution < 1.29 is 10.0 Å². The SMILES string of the molecule is C[C@@H]1CN(Cc2ccc(C(=O)NO)cc2)C[C@H](C)N1Cc1ccc(CN2CCN(Cc3ccccc3)CC2)cc1. The number of hydroxylamine groups is 1. The first-order chi connectivity index (χ1) is 19.5. The molecule has 3 aromatic rings. The van der Waals surface area contributed by atoms with Crippen LogP contribution in [0.2, 0.25) is 0 Å². The first-order valence-electron chi connectivity index (χ1n) is 14.5. The van der Waals surface area contributed by atoms with Gasteiger partial charge in [-0.2, -0.15) is 0 Å². The van der Waals surface area contributed by atoms with E-state index in [0.29, 0.717) is 17.6 Å². The molecule has 2 aliphatic rings. The van der Waals surface area contributed by atoms with Crippen LogP contribution in [0.1, 0.15) is 46.5 Å². The van der Waals surface area contributed by atoms with Crippen LogP contribution >= 0.6 is 0 Å². The third-order valence-corrected chi connectivity index (χ3v) is 8.41. The summed E-state index contributed by atoms with van der Waals surface area (Å²) in [7, 11) is 0. The molecule has 0 bridgehead atoms. The summed E-state index contributed by atoms with van der Waals surface area (Å²) in [5.41, 5.74) is 7.50. The first kappa shape index (κ1) is 28.5. The summed E-state index contributed by atoms with van der Waals surface area (Å²) in [6, 6.07) is 28.4. The minimum atomic E-state index is -0.479. The molecule has 0 saturated carbocycles. The fourth-order valence-electron chi connectivity index (χ4n) is 6.16. The predicted molar refractivity (Wildman–Crippen MR) is 159 cm³/mol. The van der Waals surface area contributed by atoms with Gasteiger partial charge in [0.25, 0.3) is 5.91 Å². The Kier molecular flexibility index (Phi) is 9.62. The number of piperazine rings is 2. The lowest BCUT2D eigenvalue weighted by molar-refractivity contribution is 0.0290. The molecular formula is C33H43N5O2. The summed E-state index contributed by atoms with van der Waals surface area (Å²) in [6.45, 7) is 15.1. The summed E-state index contributed by atoms with van der Waals surface area (Å²) in [6.07, 6.45) is 0. The highest BCUT2D eigenvalue weighted by molar-refractivity contribution is 5.93. The summed E-state index contributed by atoms with van der Waals surface area (Å²) in [4.78, 5) is 21.8. The lowest BCUT2D eigenvalue weighted by atomic mass is 10.0. The molecule has 7 nitrogen and oxygen atoms in total. The van der Waals surface area contributed by atoms with Crippen molar-refractivity contribution in [3.63, 3.8) is 0 Å². The van der Waals surface area contributed by atoms with E-state index in [2.05, 4.69) is 88.0 Å². The molecule has 0 aromatic heterocycles. The highest BCUT2D eigenvalue weighted by atomic mass is 16.5. The highest BCUT2D eigenvalue weighted by Gasteiger charge is 2.29. The Morgan fingerprint density at radius 3 is 1.57 bits per heavy atom. The smallest absolute Gasteiger partial charge is 0.274 e. The van der Waals surface area contributed by atoms with Crippen LogP contribution in [0.25, 0.3) is 0 Å². The highest BCUT2D eigenvalue weighted by Crippen LogP contribution is 2.22. The molecule has 2 saturated heterocycles. The molecule has 2 fully saturated rings. The van der Waals surface area contributed by atoms with Crippen LogP contribution < -0.4 is 5.48 Å². The molecular weight excluding hydrogens is 498 g/mol. The van der Waals surface area contributed by atoms with E-state index >= 15 is 0 Å². The van der Waals surface area contributed by atoms with Crippen molar-refractivity contribution in [1.82, 2.24) is 25.1 Å². The number of hydrogen-bond donors (Lipinski definition) is 2. The van der Waals surface area contributed by atoms with Gasteiger partial charge in [-0.3, -0.25) is 29.6 Å². The number of rotatable bonds is 9. The number of carbonyl (C=O) groups is 1. The van der Waals surface area contributed by atoms with Gasteiger partial charge in [0.2, 0.25) is 0 Å². The molecule has 40 heavy (non-hydrogen) atoms. The average Bonchev–Trinajstić information content (AvgIpc) is 2.97. The third-order valence-electron chi connectivity index (χ3n) is 8.41. The number of carbonyl (C=O) groups excluding carboxylic acids is 1. The Balaban J connectivity index is 1.07. The number of nitrogens with one attached hydrogen (secondary N) is 1. The maximum atomic E-state index is 11.6. The summed E-state index contributed by atoms with van der Waals surface area (Å²) < 4.78 is 0. The van der Waals surface area contributed by atoms with Crippen LogP contribution in [0, 0.1) is 0 Å². The van der Waals surface area contributed by atoms with Crippen molar-refractivity contribution in [3.8, 4) is 0 Å². The van der Waals surface area contributed by atoms with Crippen molar-refractivity contribution in [2.75, 3.05) is 39.3 Å². The van der Waals surface area contributed by atoms with Crippen LogP contribution in [-0.2, 0) is 26.2 Å². The minimum absolute atomic E-state index is 0.454. The van der Waals surface area contributed by atoms with Gasteiger partial charge in [0.15, 0.2) is 0 Å². The Hall–Kier alpha value is -3.07. The van der Waals surface area contributed by atoms with Gasteiger partial charge in [0.1, 0.15) is 0 Å². The molecule has 0 spiro atoms. The lowest BCUT2D eigenvalue weighted by Gasteiger charge is -2.44. The quantitative estimate of drug-likeness (QED) is 0.313. The van der Waals surface area contributed by atoms with E-state index in [0.717, 1.165) is 65.4 Å². The van der Waals surface area contributed by atoms with Crippen LogP contribution in [-0.4, -0.2) is 82.1 Å². The monoisotopic (exact) mass is 541 g/mol. The Bertz CT molecular complexity index is 1200. The van der Waals surface area contributed by atoms with Crippen LogP contribution in [0.4, 0.5) is 0 Å². The van der Waals surface area contributed by atoms with Gasteiger partial charge in [0.05, 0.1) is 0 Å². The Morgan fingerprint density at radius 2 is 1.07 bits per heavy atom. The summed E-state index contributed by atoms with van der Waals surface area (Å²) in [5, 5.41) is 8.82. The second-order valence-corrected chi connectivity index (χ2v) is 11.6. The molecule has 3 aromatic carbocycles. The van der Waals surface area contributed by atoms with Gasteiger partial charge in [-0.25, -0.2) is 5.48 Å². The van der Waals surface area contributed by atoms with E-state index in [9.17, 15) is 4.79 Å². The van der Waals surface area contributed by atoms with Gasteiger partial charge in [-0.1, -0.05) is 66.7 Å². The molecule has 2 aliphatic heterocycles. The lowest BCUT2D eigenvalue weighted by Crippen LogP contribution is -2.55. The van der Waals surface area contributed by atoms with E-state index in [1.165, 1.54) is 22.3 Å². The zero-order valence-corrected chi connectivity index (χ0v) is 23.9. The largest absolute Gasteiger partial charge is 0.297 e. The van der Waals surface area contributed by atoms with E-state index < -0.39 is 5.91 Å². The maximum Gasteiger partial charge on any atom is 0.274 e. The minimum Gasteiger partial charge on any atom is -0.297 e. The molecule has 1 amide bonds. The molecule has 212 valence electrons. The molecule has 2 atom stereocenters. The molecule has 7 heteroatoms. The standard InChI is InChI=1S/C33H43N5O2/c1-26-20-37(24-30-12-14-32(15-13-30)33(39)34-40)21-27(2)38(26)25-31-10-8-29(9-11-31)23-36-18-16-35(17-19-36)22-28-6-4-3-5-7-28/h3-15,26-27,40H,16-25H2,1-2H3,(H,34,39)/t26-,27+. The van der Waals surface area contributed by atoms with Crippen LogP contribution in [0.3, 0.4) is 0 Å². The van der Waals surface area contributed by atoms with Crippen molar-refractivity contribution in [1.29, 1.82) is 0 Å². The van der Waals surface area contributed by atoms with Gasteiger partial charge >= 0.3 is 0 Å². The van der Waals surface area contributed by atoms with E-state index in [4.69, 9.17) is 5.21 Å². The molecule has 5 rings (SSSR count).